The lowest BCUT2D eigenvalue weighted by Crippen LogP contribution is -1.84. The number of phenolic OH excluding ortho intramolecular Hbond substituents is 1. The Hall–Kier alpha value is -3.08. The number of phenols is 1. The first-order valence-electron chi connectivity index (χ1n) is 6.42. The van der Waals surface area contributed by atoms with Gasteiger partial charge >= 0.3 is 0 Å². The molecule has 3 rings (SSSR count). The summed E-state index contributed by atoms with van der Waals surface area (Å²) in [6, 6.07) is 15.9. The number of aromatic hydroxyl groups is 1. The van der Waals surface area contributed by atoms with Crippen molar-refractivity contribution in [1.82, 2.24) is 0 Å². The van der Waals surface area contributed by atoms with Crippen LogP contribution in [0, 0.1) is 0 Å². The predicted molar refractivity (Wildman–Crippen MR) is 85.1 cm³/mol. The minimum atomic E-state index is 0.0623. The van der Waals surface area contributed by atoms with Gasteiger partial charge in [0.25, 0.3) is 0 Å². The zero-order chi connectivity index (χ0) is 14.8. The van der Waals surface area contributed by atoms with Crippen LogP contribution < -0.4 is 11.5 Å². The molecule has 0 fully saturated rings. The highest BCUT2D eigenvalue weighted by atomic mass is 16.3. The molecule has 0 saturated heterocycles. The number of nitrogen functional groups attached to an aromatic ring is 2. The Bertz CT molecular complexity index is 820. The van der Waals surface area contributed by atoms with Gasteiger partial charge in [-0.2, -0.15) is 5.11 Å². The molecule has 5 heteroatoms. The van der Waals surface area contributed by atoms with E-state index in [-0.39, 0.29) is 5.75 Å². The molecule has 0 atom stereocenters. The number of benzene rings is 3. The Balaban J connectivity index is 2.09. The molecule has 0 unspecified atom stereocenters. The predicted octanol–water partition coefficient (Wildman–Crippen LogP) is 4.13. The van der Waals surface area contributed by atoms with Gasteiger partial charge in [-0.1, -0.05) is 12.1 Å². The van der Waals surface area contributed by atoms with Crippen LogP contribution in [-0.2, 0) is 0 Å². The highest BCUT2D eigenvalue weighted by molar-refractivity contribution is 5.97. The van der Waals surface area contributed by atoms with Crippen LogP contribution in [0.4, 0.5) is 22.7 Å². The quantitative estimate of drug-likeness (QED) is 0.485. The first-order chi connectivity index (χ1) is 10.1. The molecule has 104 valence electrons. The summed E-state index contributed by atoms with van der Waals surface area (Å²) in [5.41, 5.74) is 13.7. The molecule has 0 spiro atoms. The lowest BCUT2D eigenvalue weighted by Gasteiger charge is -2.05. The molecule has 0 heterocycles. The third kappa shape index (κ3) is 2.62. The van der Waals surface area contributed by atoms with E-state index in [1.807, 2.05) is 12.1 Å². The topological polar surface area (TPSA) is 97.0 Å². The van der Waals surface area contributed by atoms with Gasteiger partial charge in [-0.25, -0.2) is 0 Å². The van der Waals surface area contributed by atoms with E-state index in [4.69, 9.17) is 11.5 Å². The molecule has 0 radical (unpaired) electrons. The van der Waals surface area contributed by atoms with Crippen molar-refractivity contribution < 1.29 is 5.11 Å². The molecule has 3 aromatic rings. The number of hydrogen-bond donors (Lipinski definition) is 3. The number of fused-ring (bicyclic) bond motifs is 1. The Morgan fingerprint density at radius 3 is 2.19 bits per heavy atom. The summed E-state index contributed by atoms with van der Waals surface area (Å²) >= 11 is 0. The van der Waals surface area contributed by atoms with Crippen molar-refractivity contribution in [3.05, 3.63) is 54.6 Å². The summed E-state index contributed by atoms with van der Waals surface area (Å²) in [5.74, 6) is 0.0623. The van der Waals surface area contributed by atoms with Gasteiger partial charge in [-0.05, 0) is 47.9 Å². The molecular weight excluding hydrogens is 264 g/mol. The lowest BCUT2D eigenvalue weighted by atomic mass is 10.1. The van der Waals surface area contributed by atoms with E-state index in [1.54, 1.807) is 42.5 Å². The highest BCUT2D eigenvalue weighted by Gasteiger charge is 2.06. The monoisotopic (exact) mass is 278 g/mol. The van der Waals surface area contributed by atoms with Crippen molar-refractivity contribution in [2.24, 2.45) is 10.2 Å². The first-order valence-corrected chi connectivity index (χ1v) is 6.42. The average molecular weight is 278 g/mol. The summed E-state index contributed by atoms with van der Waals surface area (Å²) in [4.78, 5) is 0. The van der Waals surface area contributed by atoms with Gasteiger partial charge in [0.2, 0.25) is 0 Å². The molecule has 0 saturated carbocycles. The maximum absolute atomic E-state index is 10.0. The number of nitrogens with two attached hydrogens (primary N) is 2. The van der Waals surface area contributed by atoms with E-state index in [2.05, 4.69) is 10.2 Å². The molecule has 0 aliphatic heterocycles. The third-order valence-electron chi connectivity index (χ3n) is 3.15. The van der Waals surface area contributed by atoms with E-state index in [0.29, 0.717) is 22.7 Å². The molecule has 5 nitrogen and oxygen atoms in total. The fraction of sp³-hybridized carbons (Fsp3) is 0. The van der Waals surface area contributed by atoms with Crippen molar-refractivity contribution in [3.63, 3.8) is 0 Å². The maximum Gasteiger partial charge on any atom is 0.143 e. The SMILES string of the molecule is Nc1ccc(/N=N/c2c(O)ccc3ccc(N)cc23)cc1. The molecule has 0 amide bonds. The fourth-order valence-corrected chi connectivity index (χ4v) is 2.06. The van der Waals surface area contributed by atoms with E-state index in [0.717, 1.165) is 10.8 Å². The van der Waals surface area contributed by atoms with Gasteiger partial charge in [0.15, 0.2) is 0 Å². The van der Waals surface area contributed by atoms with E-state index in [1.165, 1.54) is 0 Å². The van der Waals surface area contributed by atoms with Crippen LogP contribution in [0.25, 0.3) is 10.8 Å². The molecule has 3 aromatic carbocycles. The molecule has 5 N–H and O–H groups in total. The molecule has 0 aliphatic carbocycles. The van der Waals surface area contributed by atoms with Crippen molar-refractivity contribution in [2.45, 2.75) is 0 Å². The number of anilines is 2. The van der Waals surface area contributed by atoms with Crippen LogP contribution in [0.5, 0.6) is 5.75 Å². The Morgan fingerprint density at radius 2 is 1.43 bits per heavy atom. The van der Waals surface area contributed by atoms with Gasteiger partial charge in [0.05, 0.1) is 5.69 Å². The van der Waals surface area contributed by atoms with E-state index >= 15 is 0 Å². The average Bonchev–Trinajstić information content (AvgIpc) is 2.48. The lowest BCUT2D eigenvalue weighted by molar-refractivity contribution is 0.477. The van der Waals surface area contributed by atoms with Gasteiger partial charge < -0.3 is 16.6 Å². The van der Waals surface area contributed by atoms with Crippen LogP contribution in [0.1, 0.15) is 0 Å². The van der Waals surface area contributed by atoms with Crippen LogP contribution in [0.2, 0.25) is 0 Å². The van der Waals surface area contributed by atoms with Crippen molar-refractivity contribution in [1.29, 1.82) is 0 Å². The van der Waals surface area contributed by atoms with Gasteiger partial charge in [0.1, 0.15) is 11.4 Å². The number of hydrogen-bond acceptors (Lipinski definition) is 5. The summed E-state index contributed by atoms with van der Waals surface area (Å²) < 4.78 is 0. The fourth-order valence-electron chi connectivity index (χ4n) is 2.06. The normalized spacial score (nSPS) is 11.2. The molecular formula is C16H14N4O. The summed E-state index contributed by atoms with van der Waals surface area (Å²) in [7, 11) is 0. The van der Waals surface area contributed by atoms with Crippen molar-refractivity contribution in [3.8, 4) is 5.75 Å². The standard InChI is InChI=1S/C16H14N4O/c17-11-4-6-13(7-5-11)19-20-16-14-9-12(18)3-1-10(14)2-8-15(16)21/h1-9,21H,17-18H2/b20-19+. The second kappa shape index (κ2) is 5.13. The third-order valence-corrected chi connectivity index (χ3v) is 3.15. The van der Waals surface area contributed by atoms with E-state index < -0.39 is 0 Å². The first kappa shape index (κ1) is 12.9. The smallest absolute Gasteiger partial charge is 0.143 e. The summed E-state index contributed by atoms with van der Waals surface area (Å²) in [5, 5.41) is 20.0. The van der Waals surface area contributed by atoms with Crippen molar-refractivity contribution >= 4 is 33.5 Å². The molecule has 0 aliphatic rings. The molecule has 0 bridgehead atoms. The Labute approximate surface area is 121 Å². The minimum absolute atomic E-state index is 0.0623. The summed E-state index contributed by atoms with van der Waals surface area (Å²) in [6.07, 6.45) is 0. The number of nitrogens with zero attached hydrogens (tertiary/aromatic N) is 2. The van der Waals surface area contributed by atoms with Gasteiger partial charge in [-0.15, -0.1) is 5.11 Å². The largest absolute Gasteiger partial charge is 0.506 e. The minimum Gasteiger partial charge on any atom is -0.506 e. The second-order valence-electron chi connectivity index (χ2n) is 4.71. The second-order valence-corrected chi connectivity index (χ2v) is 4.71. The number of rotatable bonds is 2. The van der Waals surface area contributed by atoms with Crippen LogP contribution in [0.3, 0.4) is 0 Å². The zero-order valence-corrected chi connectivity index (χ0v) is 11.2. The molecule has 0 aromatic heterocycles. The van der Waals surface area contributed by atoms with Crippen LogP contribution in [-0.4, -0.2) is 5.11 Å². The zero-order valence-electron chi connectivity index (χ0n) is 11.2. The number of azo groups is 1. The van der Waals surface area contributed by atoms with Crippen molar-refractivity contribution in [2.75, 3.05) is 11.5 Å². The Morgan fingerprint density at radius 1 is 0.762 bits per heavy atom. The Kier molecular flexibility index (Phi) is 3.16. The van der Waals surface area contributed by atoms with Gasteiger partial charge in [0, 0.05) is 16.8 Å². The van der Waals surface area contributed by atoms with Gasteiger partial charge in [-0.3, -0.25) is 0 Å². The highest BCUT2D eigenvalue weighted by Crippen LogP contribution is 2.36. The maximum atomic E-state index is 10.0. The summed E-state index contributed by atoms with van der Waals surface area (Å²) in [6.45, 7) is 0. The van der Waals surface area contributed by atoms with Crippen LogP contribution in [0.15, 0.2) is 64.8 Å². The molecule has 21 heavy (non-hydrogen) atoms. The van der Waals surface area contributed by atoms with Crippen LogP contribution >= 0.6 is 0 Å². The van der Waals surface area contributed by atoms with E-state index in [9.17, 15) is 5.11 Å².